The summed E-state index contributed by atoms with van der Waals surface area (Å²) in [5.41, 5.74) is 2.37. The van der Waals surface area contributed by atoms with Crippen molar-refractivity contribution in [3.8, 4) is 5.75 Å². The van der Waals surface area contributed by atoms with Gasteiger partial charge in [0.2, 0.25) is 6.23 Å². The van der Waals surface area contributed by atoms with E-state index >= 15 is 0 Å². The topological polar surface area (TPSA) is 50.4 Å². The molecule has 0 spiro atoms. The summed E-state index contributed by atoms with van der Waals surface area (Å²) in [6.45, 7) is 0. The van der Waals surface area contributed by atoms with Gasteiger partial charge >= 0.3 is 0 Å². The fourth-order valence-corrected chi connectivity index (χ4v) is 3.32. The number of nitrogens with one attached hydrogen (secondary N) is 2. The van der Waals surface area contributed by atoms with E-state index in [1.807, 2.05) is 24.3 Å². The van der Waals surface area contributed by atoms with Gasteiger partial charge in [-0.1, -0.05) is 34.8 Å². The zero-order chi connectivity index (χ0) is 20.4. The Labute approximate surface area is 183 Å². The van der Waals surface area contributed by atoms with E-state index in [1.54, 1.807) is 48.7 Å². The minimum absolute atomic E-state index is 0.179. The molecular formula is C22H15Cl3N2O2. The van der Waals surface area contributed by atoms with Crippen molar-refractivity contribution in [3.63, 3.8) is 0 Å². The summed E-state index contributed by atoms with van der Waals surface area (Å²) >= 11 is 18.0. The highest BCUT2D eigenvalue weighted by Gasteiger charge is 2.32. The first kappa shape index (κ1) is 19.6. The number of ether oxygens (including phenoxy) is 1. The lowest BCUT2D eigenvalue weighted by atomic mass is 9.98. The lowest BCUT2D eigenvalue weighted by Gasteiger charge is -2.29. The molecule has 7 heteroatoms. The van der Waals surface area contributed by atoms with Gasteiger partial charge < -0.3 is 15.4 Å². The minimum Gasteiger partial charge on any atom is -0.466 e. The number of halogens is 3. The van der Waals surface area contributed by atoms with Crippen LogP contribution in [0.3, 0.4) is 0 Å². The molecule has 0 saturated heterocycles. The third-order valence-electron chi connectivity index (χ3n) is 4.36. The number of anilines is 2. The van der Waals surface area contributed by atoms with E-state index in [0.29, 0.717) is 32.0 Å². The van der Waals surface area contributed by atoms with E-state index < -0.39 is 6.23 Å². The molecule has 1 aliphatic heterocycles. The maximum atomic E-state index is 13.2. The number of ketones is 1. The highest BCUT2D eigenvalue weighted by molar-refractivity contribution is 6.31. The zero-order valence-electron chi connectivity index (χ0n) is 15.0. The molecule has 1 atom stereocenters. The van der Waals surface area contributed by atoms with Crippen LogP contribution < -0.4 is 15.4 Å². The SMILES string of the molecule is O=C1C(=CNc2ccc(Cl)cc2)C(Nc2ccc(Cl)cc2)Oc2ccc(Cl)cc21. The minimum atomic E-state index is -0.697. The van der Waals surface area contributed by atoms with Gasteiger partial charge in [-0.3, -0.25) is 4.79 Å². The molecule has 0 aromatic heterocycles. The molecule has 1 aliphatic rings. The molecular weight excluding hydrogens is 431 g/mol. The normalized spacial score (nSPS) is 16.9. The van der Waals surface area contributed by atoms with Crippen molar-refractivity contribution in [2.24, 2.45) is 0 Å². The second-order valence-corrected chi connectivity index (χ2v) is 7.68. The van der Waals surface area contributed by atoms with Gasteiger partial charge in [0.15, 0.2) is 5.78 Å². The number of fused-ring (bicyclic) bond motifs is 1. The third-order valence-corrected chi connectivity index (χ3v) is 5.10. The van der Waals surface area contributed by atoms with Crippen LogP contribution in [0.2, 0.25) is 15.1 Å². The third kappa shape index (κ3) is 4.51. The van der Waals surface area contributed by atoms with Gasteiger partial charge in [-0.15, -0.1) is 0 Å². The van der Waals surface area contributed by atoms with Crippen LogP contribution in [0, 0.1) is 0 Å². The fraction of sp³-hybridized carbons (Fsp3) is 0.0455. The van der Waals surface area contributed by atoms with Crippen molar-refractivity contribution < 1.29 is 9.53 Å². The number of Topliss-reactive ketones (excluding diaryl/α,β-unsaturated/α-hetero) is 1. The van der Waals surface area contributed by atoms with Gasteiger partial charge in [0.05, 0.1) is 11.1 Å². The number of hydrogen-bond acceptors (Lipinski definition) is 4. The summed E-state index contributed by atoms with van der Waals surface area (Å²) in [6.07, 6.45) is 0.931. The molecule has 2 N–H and O–H groups in total. The number of rotatable bonds is 4. The summed E-state index contributed by atoms with van der Waals surface area (Å²) in [7, 11) is 0. The van der Waals surface area contributed by atoms with Crippen molar-refractivity contribution in [1.82, 2.24) is 0 Å². The van der Waals surface area contributed by atoms with Crippen LogP contribution in [0.1, 0.15) is 10.4 Å². The highest BCUT2D eigenvalue weighted by atomic mass is 35.5. The zero-order valence-corrected chi connectivity index (χ0v) is 17.2. The van der Waals surface area contributed by atoms with Gasteiger partial charge in [0.25, 0.3) is 0 Å². The molecule has 29 heavy (non-hydrogen) atoms. The maximum Gasteiger partial charge on any atom is 0.201 e. The van der Waals surface area contributed by atoms with E-state index in [9.17, 15) is 4.79 Å². The van der Waals surface area contributed by atoms with E-state index in [-0.39, 0.29) is 5.78 Å². The molecule has 0 amide bonds. The Balaban J connectivity index is 1.68. The molecule has 3 aromatic carbocycles. The largest absolute Gasteiger partial charge is 0.466 e. The molecule has 1 heterocycles. The lowest BCUT2D eigenvalue weighted by molar-refractivity contribution is 0.0973. The van der Waals surface area contributed by atoms with Crippen LogP contribution >= 0.6 is 34.8 Å². The smallest absolute Gasteiger partial charge is 0.201 e. The number of carbonyl (C=O) groups excluding carboxylic acids is 1. The van der Waals surface area contributed by atoms with Crippen molar-refractivity contribution in [2.75, 3.05) is 10.6 Å². The predicted octanol–water partition coefficient (Wildman–Crippen LogP) is 6.66. The Bertz CT molecular complexity index is 1080. The Morgan fingerprint density at radius 3 is 2.03 bits per heavy atom. The van der Waals surface area contributed by atoms with Gasteiger partial charge in [0, 0.05) is 32.6 Å². The van der Waals surface area contributed by atoms with Crippen molar-refractivity contribution in [1.29, 1.82) is 0 Å². The predicted molar refractivity (Wildman–Crippen MR) is 118 cm³/mol. The molecule has 0 saturated carbocycles. The van der Waals surface area contributed by atoms with Gasteiger partial charge in [0.1, 0.15) is 5.75 Å². The standard InChI is InChI=1S/C22H15Cl3N2O2/c23-13-1-6-16(7-2-13)26-12-19-21(28)18-11-15(25)5-10-20(18)29-22(19)27-17-8-3-14(24)4-9-17/h1-12,22,26-27H. The van der Waals surface area contributed by atoms with Crippen LogP contribution in [0.25, 0.3) is 0 Å². The van der Waals surface area contributed by atoms with Gasteiger partial charge in [-0.2, -0.15) is 0 Å². The Morgan fingerprint density at radius 1 is 0.793 bits per heavy atom. The van der Waals surface area contributed by atoms with Crippen LogP contribution in [-0.4, -0.2) is 12.0 Å². The van der Waals surface area contributed by atoms with Crippen molar-refractivity contribution >= 4 is 52.0 Å². The number of carbonyl (C=O) groups is 1. The average Bonchev–Trinajstić information content (AvgIpc) is 2.71. The van der Waals surface area contributed by atoms with E-state index in [4.69, 9.17) is 39.5 Å². The first-order chi connectivity index (χ1) is 14.0. The molecule has 0 bridgehead atoms. The van der Waals surface area contributed by atoms with Crippen LogP contribution in [-0.2, 0) is 0 Å². The molecule has 146 valence electrons. The van der Waals surface area contributed by atoms with Crippen LogP contribution in [0.4, 0.5) is 11.4 Å². The summed E-state index contributed by atoms with van der Waals surface area (Å²) in [6, 6.07) is 19.3. The highest BCUT2D eigenvalue weighted by Crippen LogP contribution is 2.33. The van der Waals surface area contributed by atoms with Crippen molar-refractivity contribution in [2.45, 2.75) is 6.23 Å². The maximum absolute atomic E-state index is 13.2. The Kier molecular flexibility index (Phi) is 5.67. The first-order valence-corrected chi connectivity index (χ1v) is 9.88. The quantitative estimate of drug-likeness (QED) is 0.441. The molecule has 3 aromatic rings. The van der Waals surface area contributed by atoms with Gasteiger partial charge in [-0.05, 0) is 66.7 Å². The molecule has 1 unspecified atom stereocenters. The fourth-order valence-electron chi connectivity index (χ4n) is 2.90. The summed E-state index contributed by atoms with van der Waals surface area (Å²) < 4.78 is 6.06. The van der Waals surface area contributed by atoms with Gasteiger partial charge in [-0.25, -0.2) is 0 Å². The van der Waals surface area contributed by atoms with Crippen LogP contribution in [0.5, 0.6) is 5.75 Å². The van der Waals surface area contributed by atoms with E-state index in [2.05, 4.69) is 10.6 Å². The lowest BCUT2D eigenvalue weighted by Crippen LogP contribution is -2.37. The first-order valence-electron chi connectivity index (χ1n) is 8.75. The second kappa shape index (κ2) is 8.37. The average molecular weight is 446 g/mol. The van der Waals surface area contributed by atoms with E-state index in [0.717, 1.165) is 11.4 Å². The Hall–Kier alpha value is -2.66. The number of benzene rings is 3. The molecule has 4 nitrogen and oxygen atoms in total. The molecule has 0 fully saturated rings. The summed E-state index contributed by atoms with van der Waals surface area (Å²) in [5, 5.41) is 8.07. The monoisotopic (exact) mass is 444 g/mol. The van der Waals surface area contributed by atoms with Crippen LogP contribution in [0.15, 0.2) is 78.5 Å². The number of hydrogen-bond donors (Lipinski definition) is 2. The van der Waals surface area contributed by atoms with E-state index in [1.165, 1.54) is 0 Å². The molecule has 0 aliphatic carbocycles. The second-order valence-electron chi connectivity index (χ2n) is 6.37. The summed E-state index contributed by atoms with van der Waals surface area (Å²) in [5.74, 6) is 0.288. The molecule has 0 radical (unpaired) electrons. The Morgan fingerprint density at radius 2 is 1.38 bits per heavy atom. The van der Waals surface area contributed by atoms with Crippen molar-refractivity contribution in [3.05, 3.63) is 99.1 Å². The summed E-state index contributed by atoms with van der Waals surface area (Å²) in [4.78, 5) is 13.2. The molecule has 4 rings (SSSR count).